The molecule has 1 aliphatic carbocycles. The fourth-order valence-electron chi connectivity index (χ4n) is 2.84. The maximum Gasteiger partial charge on any atom is 0.0818 e. The van der Waals surface area contributed by atoms with Gasteiger partial charge in [0.2, 0.25) is 0 Å². The molecule has 1 aromatic carbocycles. The monoisotopic (exact) mass is 296 g/mol. The van der Waals surface area contributed by atoms with Gasteiger partial charge in [-0.1, -0.05) is 54.2 Å². The van der Waals surface area contributed by atoms with Gasteiger partial charge in [-0.2, -0.15) is 0 Å². The van der Waals surface area contributed by atoms with Gasteiger partial charge < -0.3 is 5.11 Å². The van der Waals surface area contributed by atoms with Crippen LogP contribution in [-0.4, -0.2) is 5.11 Å². The van der Waals surface area contributed by atoms with E-state index in [2.05, 4.69) is 22.9 Å². The molecule has 0 amide bonds. The molecule has 0 spiro atoms. The van der Waals surface area contributed by atoms with Gasteiger partial charge >= 0.3 is 0 Å². The Bertz CT molecular complexity index is 338. The topological polar surface area (TPSA) is 20.2 Å². The largest absolute Gasteiger partial charge is 0.388 e. The lowest BCUT2D eigenvalue weighted by molar-refractivity contribution is 0.0729. The van der Waals surface area contributed by atoms with Crippen LogP contribution in [0.15, 0.2) is 28.7 Å². The molecule has 0 aromatic heterocycles. The first kappa shape index (κ1) is 13.1. The van der Waals surface area contributed by atoms with Gasteiger partial charge in [0.25, 0.3) is 0 Å². The summed E-state index contributed by atoms with van der Waals surface area (Å²) in [5, 5.41) is 10.4. The van der Waals surface area contributed by atoms with Crippen LogP contribution in [0.2, 0.25) is 0 Å². The van der Waals surface area contributed by atoms with Crippen molar-refractivity contribution in [3.63, 3.8) is 0 Å². The van der Waals surface area contributed by atoms with Gasteiger partial charge in [-0.05, 0) is 42.4 Å². The molecule has 1 atom stereocenters. The first-order valence-electron chi connectivity index (χ1n) is 6.64. The SMILES string of the molecule is CCC1CCC(C(O)c2ccc(Br)cc2)CC1. The van der Waals surface area contributed by atoms with Gasteiger partial charge in [0.05, 0.1) is 6.10 Å². The van der Waals surface area contributed by atoms with Crippen molar-refractivity contribution in [2.75, 3.05) is 0 Å². The van der Waals surface area contributed by atoms with E-state index in [-0.39, 0.29) is 6.10 Å². The second-order valence-corrected chi connectivity index (χ2v) is 6.10. The molecule has 1 saturated carbocycles. The third kappa shape index (κ3) is 3.32. The number of rotatable bonds is 3. The Morgan fingerprint density at radius 1 is 1.18 bits per heavy atom. The highest BCUT2D eigenvalue weighted by Crippen LogP contribution is 2.37. The number of hydrogen-bond donors (Lipinski definition) is 1. The number of aliphatic hydroxyl groups excluding tert-OH is 1. The Kier molecular flexibility index (Phi) is 4.63. The van der Waals surface area contributed by atoms with Crippen LogP contribution in [0.1, 0.15) is 50.7 Å². The average Bonchev–Trinajstić information content (AvgIpc) is 2.39. The molecule has 1 aromatic rings. The van der Waals surface area contributed by atoms with E-state index in [4.69, 9.17) is 0 Å². The molecule has 94 valence electrons. The summed E-state index contributed by atoms with van der Waals surface area (Å²) >= 11 is 3.43. The van der Waals surface area contributed by atoms with Crippen LogP contribution in [0.25, 0.3) is 0 Å². The molecule has 1 aliphatic rings. The smallest absolute Gasteiger partial charge is 0.0818 e. The maximum atomic E-state index is 10.4. The van der Waals surface area contributed by atoms with Crippen molar-refractivity contribution in [3.8, 4) is 0 Å². The van der Waals surface area contributed by atoms with E-state index in [1.54, 1.807) is 0 Å². The Morgan fingerprint density at radius 3 is 2.29 bits per heavy atom. The Hall–Kier alpha value is -0.340. The molecule has 0 aliphatic heterocycles. The number of hydrogen-bond acceptors (Lipinski definition) is 1. The van der Waals surface area contributed by atoms with E-state index < -0.39 is 0 Å². The van der Waals surface area contributed by atoms with Gasteiger partial charge in [-0.15, -0.1) is 0 Å². The molecule has 2 heteroatoms. The quantitative estimate of drug-likeness (QED) is 0.857. The van der Waals surface area contributed by atoms with Crippen LogP contribution in [0, 0.1) is 11.8 Å². The first-order chi connectivity index (χ1) is 8.20. The molecule has 0 saturated heterocycles. The predicted molar refractivity (Wildman–Crippen MR) is 74.8 cm³/mol. The van der Waals surface area contributed by atoms with E-state index in [9.17, 15) is 5.11 Å². The summed E-state index contributed by atoms with van der Waals surface area (Å²) in [6, 6.07) is 8.08. The summed E-state index contributed by atoms with van der Waals surface area (Å²) in [6.45, 7) is 2.27. The summed E-state index contributed by atoms with van der Waals surface area (Å²) in [5.41, 5.74) is 1.06. The maximum absolute atomic E-state index is 10.4. The average molecular weight is 297 g/mol. The molecule has 0 heterocycles. The van der Waals surface area contributed by atoms with E-state index in [0.717, 1.165) is 16.0 Å². The normalized spacial score (nSPS) is 26.8. The van der Waals surface area contributed by atoms with Crippen LogP contribution in [0.5, 0.6) is 0 Å². The first-order valence-corrected chi connectivity index (χ1v) is 7.43. The van der Waals surface area contributed by atoms with Gasteiger partial charge in [-0.25, -0.2) is 0 Å². The van der Waals surface area contributed by atoms with Gasteiger partial charge in [0, 0.05) is 4.47 Å². The lowest BCUT2D eigenvalue weighted by Gasteiger charge is -2.31. The van der Waals surface area contributed by atoms with E-state index >= 15 is 0 Å². The highest BCUT2D eigenvalue weighted by atomic mass is 79.9. The Morgan fingerprint density at radius 2 is 1.76 bits per heavy atom. The Balaban J connectivity index is 1.96. The second kappa shape index (κ2) is 6.01. The fraction of sp³-hybridized carbons (Fsp3) is 0.600. The number of benzene rings is 1. The van der Waals surface area contributed by atoms with E-state index in [1.807, 2.05) is 24.3 Å². The van der Waals surface area contributed by atoms with Crippen LogP contribution < -0.4 is 0 Å². The summed E-state index contributed by atoms with van der Waals surface area (Å²) in [7, 11) is 0. The highest BCUT2D eigenvalue weighted by Gasteiger charge is 2.26. The minimum atomic E-state index is -0.277. The van der Waals surface area contributed by atoms with Crippen molar-refractivity contribution in [2.45, 2.75) is 45.1 Å². The van der Waals surface area contributed by atoms with Crippen molar-refractivity contribution < 1.29 is 5.11 Å². The van der Waals surface area contributed by atoms with Crippen molar-refractivity contribution in [1.82, 2.24) is 0 Å². The van der Waals surface area contributed by atoms with E-state index in [1.165, 1.54) is 32.1 Å². The molecular formula is C15H21BrO. The minimum absolute atomic E-state index is 0.277. The molecule has 2 rings (SSSR count). The molecular weight excluding hydrogens is 276 g/mol. The lowest BCUT2D eigenvalue weighted by atomic mass is 9.77. The van der Waals surface area contributed by atoms with Gasteiger partial charge in [0.1, 0.15) is 0 Å². The van der Waals surface area contributed by atoms with Crippen LogP contribution in [0.3, 0.4) is 0 Å². The van der Waals surface area contributed by atoms with Crippen molar-refractivity contribution >= 4 is 15.9 Å². The number of aliphatic hydroxyl groups is 1. The van der Waals surface area contributed by atoms with Crippen LogP contribution >= 0.6 is 15.9 Å². The molecule has 1 fully saturated rings. The van der Waals surface area contributed by atoms with Crippen LogP contribution in [-0.2, 0) is 0 Å². The zero-order valence-corrected chi connectivity index (χ0v) is 12.0. The number of halogens is 1. The molecule has 1 nitrogen and oxygen atoms in total. The molecule has 0 radical (unpaired) electrons. The third-order valence-electron chi connectivity index (χ3n) is 4.13. The molecule has 0 bridgehead atoms. The zero-order chi connectivity index (χ0) is 12.3. The van der Waals surface area contributed by atoms with Gasteiger partial charge in [0.15, 0.2) is 0 Å². The minimum Gasteiger partial charge on any atom is -0.388 e. The predicted octanol–water partition coefficient (Wildman–Crippen LogP) is 4.70. The molecule has 1 unspecified atom stereocenters. The summed E-state index contributed by atoms with van der Waals surface area (Å²) in [5.74, 6) is 1.35. The van der Waals surface area contributed by atoms with Gasteiger partial charge in [-0.3, -0.25) is 0 Å². The van der Waals surface area contributed by atoms with Crippen molar-refractivity contribution in [1.29, 1.82) is 0 Å². The molecule has 1 N–H and O–H groups in total. The third-order valence-corrected chi connectivity index (χ3v) is 4.66. The standard InChI is InChI=1S/C15H21BrO/c1-2-11-3-5-12(6-4-11)15(17)13-7-9-14(16)10-8-13/h7-12,15,17H,2-6H2,1H3. The zero-order valence-electron chi connectivity index (χ0n) is 10.4. The van der Waals surface area contributed by atoms with E-state index in [0.29, 0.717) is 5.92 Å². The van der Waals surface area contributed by atoms with Crippen LogP contribution in [0.4, 0.5) is 0 Å². The lowest BCUT2D eigenvalue weighted by Crippen LogP contribution is -2.20. The fourth-order valence-corrected chi connectivity index (χ4v) is 3.11. The summed E-state index contributed by atoms with van der Waals surface area (Å²) < 4.78 is 1.07. The molecule has 17 heavy (non-hydrogen) atoms. The summed E-state index contributed by atoms with van der Waals surface area (Å²) in [4.78, 5) is 0. The summed E-state index contributed by atoms with van der Waals surface area (Å²) in [6.07, 6.45) is 5.94. The Labute approximate surface area is 112 Å². The van der Waals surface area contributed by atoms with Crippen molar-refractivity contribution in [2.24, 2.45) is 11.8 Å². The highest BCUT2D eigenvalue weighted by molar-refractivity contribution is 9.10. The second-order valence-electron chi connectivity index (χ2n) is 5.19. The van der Waals surface area contributed by atoms with Crippen molar-refractivity contribution in [3.05, 3.63) is 34.3 Å².